The summed E-state index contributed by atoms with van der Waals surface area (Å²) in [6, 6.07) is 0. The number of phosphoric ester groups is 1. The lowest BCUT2D eigenvalue weighted by Crippen LogP contribution is -2.29. The molecule has 0 bridgehead atoms. The van der Waals surface area contributed by atoms with Crippen LogP contribution in [0.5, 0.6) is 0 Å². The molecule has 0 spiro atoms. The Hall–Kier alpha value is -2.58. The van der Waals surface area contributed by atoms with Crippen molar-refractivity contribution in [2.75, 3.05) is 13.2 Å². The van der Waals surface area contributed by atoms with Gasteiger partial charge in [-0.05, 0) is 70.3 Å². The molecule has 0 aliphatic carbocycles. The number of ketones is 1. The van der Waals surface area contributed by atoms with Crippen LogP contribution in [0, 0.1) is 0 Å². The quantitative estimate of drug-likeness (QED) is 0.0163. The molecule has 0 saturated carbocycles. The summed E-state index contributed by atoms with van der Waals surface area (Å²) in [6.07, 6.45) is 40.7. The molecule has 0 radical (unpaired) electrons. The van der Waals surface area contributed by atoms with E-state index in [0.717, 1.165) is 70.6 Å². The topological polar surface area (TPSA) is 136 Å². The average molecular weight is 737 g/mol. The molecule has 10 heteroatoms. The van der Waals surface area contributed by atoms with E-state index in [-0.39, 0.29) is 25.2 Å². The van der Waals surface area contributed by atoms with Gasteiger partial charge < -0.3 is 19.3 Å². The molecule has 9 nitrogen and oxygen atoms in total. The van der Waals surface area contributed by atoms with Crippen LogP contribution in [-0.4, -0.2) is 46.8 Å². The molecular formula is C41H69O9P. The Morgan fingerprint density at radius 3 is 1.75 bits per heavy atom. The summed E-state index contributed by atoms with van der Waals surface area (Å²) < 4.78 is 26.2. The lowest BCUT2D eigenvalue weighted by Gasteiger charge is -2.18. The van der Waals surface area contributed by atoms with E-state index in [2.05, 4.69) is 30.5 Å². The molecule has 2 N–H and O–H groups in total. The van der Waals surface area contributed by atoms with Gasteiger partial charge in [0, 0.05) is 19.3 Å². The van der Waals surface area contributed by atoms with Crippen LogP contribution in [0.25, 0.3) is 0 Å². The molecular weight excluding hydrogens is 667 g/mol. The highest BCUT2D eigenvalue weighted by Crippen LogP contribution is 2.36. The van der Waals surface area contributed by atoms with Crippen LogP contribution in [-0.2, 0) is 32.9 Å². The SMILES string of the molecule is CCCCCCCC/C=C\CCCCCCCC(=O)O[C@H](COC(=O)CCC/C=C\C/C=C\C/C=C\C=C\C(=O)CCCCC)COP(=O)(O)O. The number of carbonyl (C=O) groups excluding carboxylic acids is 3. The largest absolute Gasteiger partial charge is 0.469 e. The second kappa shape index (κ2) is 35.8. The highest BCUT2D eigenvalue weighted by Gasteiger charge is 2.22. The number of esters is 2. The van der Waals surface area contributed by atoms with Gasteiger partial charge in [0.1, 0.15) is 6.61 Å². The smallest absolute Gasteiger partial charge is 0.462 e. The van der Waals surface area contributed by atoms with Crippen molar-refractivity contribution in [1.82, 2.24) is 0 Å². The molecule has 0 aliphatic rings. The molecule has 1 atom stereocenters. The number of carbonyl (C=O) groups is 3. The summed E-state index contributed by atoms with van der Waals surface area (Å²) >= 11 is 0. The Morgan fingerprint density at radius 2 is 1.08 bits per heavy atom. The first-order valence-corrected chi connectivity index (χ1v) is 21.1. The lowest BCUT2D eigenvalue weighted by molar-refractivity contribution is -0.161. The van der Waals surface area contributed by atoms with Gasteiger partial charge >= 0.3 is 19.8 Å². The number of hydrogen-bond acceptors (Lipinski definition) is 7. The summed E-state index contributed by atoms with van der Waals surface area (Å²) in [4.78, 5) is 54.4. The third kappa shape index (κ3) is 38.5. The third-order valence-corrected chi connectivity index (χ3v) is 8.47. The van der Waals surface area contributed by atoms with Crippen molar-refractivity contribution in [1.29, 1.82) is 0 Å². The second-order valence-electron chi connectivity index (χ2n) is 12.9. The molecule has 0 fully saturated rings. The zero-order chi connectivity index (χ0) is 37.7. The molecule has 292 valence electrons. The van der Waals surface area contributed by atoms with E-state index in [9.17, 15) is 18.9 Å². The van der Waals surface area contributed by atoms with Gasteiger partial charge in [-0.25, -0.2) is 4.57 Å². The van der Waals surface area contributed by atoms with Crippen LogP contribution in [0.4, 0.5) is 0 Å². The minimum atomic E-state index is -4.78. The first kappa shape index (κ1) is 48.4. The third-order valence-electron chi connectivity index (χ3n) is 7.99. The van der Waals surface area contributed by atoms with Crippen LogP contribution in [0.3, 0.4) is 0 Å². The van der Waals surface area contributed by atoms with Crippen LogP contribution in [0.15, 0.2) is 60.8 Å². The van der Waals surface area contributed by atoms with E-state index < -0.39 is 32.5 Å². The standard InChI is InChI=1S/C41H69O9P/c1-3-5-7-8-9-10-11-12-13-14-17-21-24-27-31-35-41(44)50-39(37-49-51(45,46)47)36-48-40(43)34-30-26-23-20-18-15-16-19-22-25-29-33-38(42)32-28-6-4-2/h12-13,15-16,20,22-23,25,29,33,39H,3-11,14,17-19,21,24,26-28,30-32,34-37H2,1-2H3,(H2,45,46,47)/b13-12-,16-15-,23-20-,25-22-,33-29+/t39-/m1/s1. The van der Waals surface area contributed by atoms with Crippen LogP contribution in [0.1, 0.15) is 162 Å². The number of allylic oxidation sites excluding steroid dienone is 10. The highest BCUT2D eigenvalue weighted by atomic mass is 31.2. The van der Waals surface area contributed by atoms with E-state index in [0.29, 0.717) is 25.7 Å². The zero-order valence-electron chi connectivity index (χ0n) is 31.7. The maximum Gasteiger partial charge on any atom is 0.469 e. The number of phosphoric acid groups is 1. The summed E-state index contributed by atoms with van der Waals surface area (Å²) in [5, 5.41) is 0. The van der Waals surface area contributed by atoms with Crippen LogP contribution >= 0.6 is 7.82 Å². The Balaban J connectivity index is 4.12. The molecule has 0 saturated heterocycles. The Labute approximate surface area is 309 Å². The van der Waals surface area contributed by atoms with Crippen molar-refractivity contribution in [2.45, 2.75) is 168 Å². The van der Waals surface area contributed by atoms with E-state index in [1.54, 1.807) is 12.2 Å². The predicted octanol–water partition coefficient (Wildman–Crippen LogP) is 10.9. The monoisotopic (exact) mass is 736 g/mol. The van der Waals surface area contributed by atoms with Crippen molar-refractivity contribution < 1.29 is 42.7 Å². The van der Waals surface area contributed by atoms with E-state index in [4.69, 9.17) is 19.3 Å². The molecule has 0 aromatic carbocycles. The summed E-state index contributed by atoms with van der Waals surface area (Å²) in [5.41, 5.74) is 0. The van der Waals surface area contributed by atoms with Crippen LogP contribution < -0.4 is 0 Å². The number of unbranched alkanes of at least 4 members (excludes halogenated alkanes) is 14. The van der Waals surface area contributed by atoms with Gasteiger partial charge in [0.15, 0.2) is 11.9 Å². The fourth-order valence-electron chi connectivity index (χ4n) is 5.02. The fourth-order valence-corrected chi connectivity index (χ4v) is 5.38. The van der Waals surface area contributed by atoms with Crippen molar-refractivity contribution in [2.24, 2.45) is 0 Å². The first-order chi connectivity index (χ1) is 24.7. The number of ether oxygens (including phenoxy) is 2. The second-order valence-corrected chi connectivity index (χ2v) is 14.2. The molecule has 0 aliphatic heterocycles. The molecule has 0 amide bonds. The van der Waals surface area contributed by atoms with Crippen molar-refractivity contribution in [3.63, 3.8) is 0 Å². The molecule has 0 rings (SSSR count). The molecule has 51 heavy (non-hydrogen) atoms. The molecule has 0 aromatic rings. The van der Waals surface area contributed by atoms with Crippen molar-refractivity contribution in [3.05, 3.63) is 60.8 Å². The zero-order valence-corrected chi connectivity index (χ0v) is 32.6. The van der Waals surface area contributed by atoms with Gasteiger partial charge in [0.05, 0.1) is 6.61 Å². The average Bonchev–Trinajstić information content (AvgIpc) is 3.09. The maximum absolute atomic E-state index is 12.4. The van der Waals surface area contributed by atoms with Gasteiger partial charge in [0.25, 0.3) is 0 Å². The summed E-state index contributed by atoms with van der Waals surface area (Å²) in [6.45, 7) is 3.45. The van der Waals surface area contributed by atoms with Gasteiger partial charge in [-0.15, -0.1) is 0 Å². The molecule has 0 aromatic heterocycles. The Kier molecular flexibility index (Phi) is 34.0. The minimum absolute atomic E-state index is 0.161. The first-order valence-electron chi connectivity index (χ1n) is 19.5. The Morgan fingerprint density at radius 1 is 0.569 bits per heavy atom. The molecule has 0 heterocycles. The van der Waals surface area contributed by atoms with Gasteiger partial charge in [-0.2, -0.15) is 0 Å². The summed E-state index contributed by atoms with van der Waals surface area (Å²) in [5.74, 6) is -0.833. The number of hydrogen-bond donors (Lipinski definition) is 2. The van der Waals surface area contributed by atoms with E-state index in [1.807, 2.05) is 36.5 Å². The fraction of sp³-hybridized carbons (Fsp3) is 0.683. The predicted molar refractivity (Wildman–Crippen MR) is 207 cm³/mol. The van der Waals surface area contributed by atoms with Gasteiger partial charge in [-0.1, -0.05) is 133 Å². The number of rotatable bonds is 35. The Bertz CT molecular complexity index is 1070. The highest BCUT2D eigenvalue weighted by molar-refractivity contribution is 7.46. The van der Waals surface area contributed by atoms with Crippen LogP contribution in [0.2, 0.25) is 0 Å². The normalized spacial score (nSPS) is 13.0. The summed E-state index contributed by atoms with van der Waals surface area (Å²) in [7, 11) is -4.78. The maximum atomic E-state index is 12.4. The van der Waals surface area contributed by atoms with Crippen molar-refractivity contribution >= 4 is 25.5 Å². The van der Waals surface area contributed by atoms with Gasteiger partial charge in [0.2, 0.25) is 0 Å². The van der Waals surface area contributed by atoms with Crippen molar-refractivity contribution in [3.8, 4) is 0 Å². The van der Waals surface area contributed by atoms with E-state index in [1.165, 1.54) is 38.5 Å². The van der Waals surface area contributed by atoms with Gasteiger partial charge in [-0.3, -0.25) is 18.9 Å². The lowest BCUT2D eigenvalue weighted by atomic mass is 10.1. The van der Waals surface area contributed by atoms with E-state index >= 15 is 0 Å². The minimum Gasteiger partial charge on any atom is -0.462 e. The molecule has 0 unspecified atom stereocenters.